The fraction of sp³-hybridized carbons (Fsp3) is 0.143. The molecule has 0 aliphatic rings. The number of amides is 1. The van der Waals surface area contributed by atoms with Crippen LogP contribution in [0.5, 0.6) is 11.5 Å². The van der Waals surface area contributed by atoms with Gasteiger partial charge >= 0.3 is 0 Å². The number of aromatic nitrogens is 1. The van der Waals surface area contributed by atoms with E-state index >= 15 is 0 Å². The third kappa shape index (κ3) is 4.03. The van der Waals surface area contributed by atoms with E-state index in [-0.39, 0.29) is 11.7 Å². The van der Waals surface area contributed by atoms with Crippen molar-refractivity contribution < 1.29 is 18.7 Å². The predicted molar refractivity (Wildman–Crippen MR) is 106 cm³/mol. The molecule has 144 valence electrons. The number of rotatable bonds is 6. The minimum absolute atomic E-state index is 0.278. The average molecular weight is 381 g/mol. The maximum absolute atomic E-state index is 13.5. The molecular formula is C21H20FN3O3. The highest BCUT2D eigenvalue weighted by atomic mass is 19.1. The molecule has 0 aliphatic carbocycles. The predicted octanol–water partition coefficient (Wildman–Crippen LogP) is 4.26. The molecular weight excluding hydrogens is 361 g/mol. The minimum atomic E-state index is -0.378. The SMILES string of the molecule is COc1ccc(N(C)C(=O)c2cccnc2Nc2cccc(F)c2)cc1OC. The Kier molecular flexibility index (Phi) is 5.74. The lowest BCUT2D eigenvalue weighted by molar-refractivity contribution is 0.0993. The van der Waals surface area contributed by atoms with Crippen LogP contribution in [0.25, 0.3) is 0 Å². The van der Waals surface area contributed by atoms with Gasteiger partial charge in [0.2, 0.25) is 0 Å². The molecule has 6 nitrogen and oxygen atoms in total. The van der Waals surface area contributed by atoms with Gasteiger partial charge in [-0.15, -0.1) is 0 Å². The molecule has 3 rings (SSSR count). The summed E-state index contributed by atoms with van der Waals surface area (Å²) in [7, 11) is 4.74. The van der Waals surface area contributed by atoms with Crippen LogP contribution in [0.1, 0.15) is 10.4 Å². The summed E-state index contributed by atoms with van der Waals surface area (Å²) in [5.41, 5.74) is 1.48. The number of benzene rings is 2. The molecule has 0 unspecified atom stereocenters. The topological polar surface area (TPSA) is 63.7 Å². The van der Waals surface area contributed by atoms with Gasteiger partial charge in [-0.05, 0) is 42.5 Å². The van der Waals surface area contributed by atoms with Crippen molar-refractivity contribution in [2.24, 2.45) is 0 Å². The van der Waals surface area contributed by atoms with Crippen LogP contribution in [0.3, 0.4) is 0 Å². The van der Waals surface area contributed by atoms with Crippen molar-refractivity contribution in [1.82, 2.24) is 4.98 Å². The van der Waals surface area contributed by atoms with Crippen LogP contribution in [0.15, 0.2) is 60.8 Å². The number of pyridine rings is 1. The first-order valence-corrected chi connectivity index (χ1v) is 8.51. The van der Waals surface area contributed by atoms with Gasteiger partial charge in [0.15, 0.2) is 11.5 Å². The average Bonchev–Trinajstić information content (AvgIpc) is 2.72. The molecule has 0 radical (unpaired) electrons. The molecule has 1 heterocycles. The lowest BCUT2D eigenvalue weighted by atomic mass is 10.2. The van der Waals surface area contributed by atoms with Crippen molar-refractivity contribution >= 4 is 23.1 Å². The zero-order chi connectivity index (χ0) is 20.1. The Bertz CT molecular complexity index is 994. The number of halogens is 1. The van der Waals surface area contributed by atoms with Crippen LogP contribution >= 0.6 is 0 Å². The minimum Gasteiger partial charge on any atom is -0.493 e. The summed E-state index contributed by atoms with van der Waals surface area (Å²) in [6, 6.07) is 14.5. The fourth-order valence-electron chi connectivity index (χ4n) is 2.71. The van der Waals surface area contributed by atoms with Crippen molar-refractivity contribution in [3.8, 4) is 11.5 Å². The van der Waals surface area contributed by atoms with Crippen molar-refractivity contribution in [3.05, 3.63) is 72.2 Å². The van der Waals surface area contributed by atoms with Crippen molar-refractivity contribution in [2.75, 3.05) is 31.5 Å². The van der Waals surface area contributed by atoms with E-state index in [1.54, 1.807) is 62.8 Å². The molecule has 7 heteroatoms. The third-order valence-electron chi connectivity index (χ3n) is 4.18. The second-order valence-corrected chi connectivity index (χ2v) is 5.94. The molecule has 1 aromatic heterocycles. The molecule has 1 amide bonds. The Morgan fingerprint density at radius 3 is 2.54 bits per heavy atom. The van der Waals surface area contributed by atoms with Crippen LogP contribution in [0, 0.1) is 5.82 Å². The number of nitrogens with zero attached hydrogens (tertiary/aromatic N) is 2. The Balaban J connectivity index is 1.90. The van der Waals surface area contributed by atoms with Gasteiger partial charge in [0, 0.05) is 30.7 Å². The standard InChI is InChI=1S/C21H20FN3O3/c1-25(16-9-10-18(27-2)19(13-16)28-3)21(26)17-8-5-11-23-20(17)24-15-7-4-6-14(22)12-15/h4-13H,1-3H3,(H,23,24). The summed E-state index contributed by atoms with van der Waals surface area (Å²) in [5.74, 6) is 0.770. The first kappa shape index (κ1) is 19.2. The Hall–Kier alpha value is -3.61. The molecule has 3 aromatic rings. The maximum atomic E-state index is 13.5. The van der Waals surface area contributed by atoms with Gasteiger partial charge in [0.05, 0.1) is 19.8 Å². The van der Waals surface area contributed by atoms with E-state index in [1.807, 2.05) is 0 Å². The van der Waals surface area contributed by atoms with Crippen LogP contribution in [-0.4, -0.2) is 32.2 Å². The van der Waals surface area contributed by atoms with Crippen molar-refractivity contribution in [3.63, 3.8) is 0 Å². The molecule has 2 aromatic carbocycles. The normalized spacial score (nSPS) is 10.3. The van der Waals surface area contributed by atoms with E-state index in [9.17, 15) is 9.18 Å². The quantitative estimate of drug-likeness (QED) is 0.691. The molecule has 0 saturated heterocycles. The van der Waals surface area contributed by atoms with Crippen LogP contribution < -0.4 is 19.7 Å². The third-order valence-corrected chi connectivity index (χ3v) is 4.18. The monoisotopic (exact) mass is 381 g/mol. The molecule has 0 bridgehead atoms. The highest BCUT2D eigenvalue weighted by molar-refractivity contribution is 6.09. The highest BCUT2D eigenvalue weighted by Gasteiger charge is 2.19. The maximum Gasteiger partial charge on any atom is 0.261 e. The molecule has 0 atom stereocenters. The van der Waals surface area contributed by atoms with Gasteiger partial charge < -0.3 is 19.7 Å². The molecule has 28 heavy (non-hydrogen) atoms. The van der Waals surface area contributed by atoms with Crippen LogP contribution in [0.4, 0.5) is 21.6 Å². The summed E-state index contributed by atoms with van der Waals surface area (Å²) >= 11 is 0. The van der Waals surface area contributed by atoms with E-state index in [2.05, 4.69) is 10.3 Å². The van der Waals surface area contributed by atoms with Crippen molar-refractivity contribution in [2.45, 2.75) is 0 Å². The zero-order valence-corrected chi connectivity index (χ0v) is 15.8. The molecule has 0 spiro atoms. The number of anilines is 3. The lowest BCUT2D eigenvalue weighted by Crippen LogP contribution is -2.27. The van der Waals surface area contributed by atoms with E-state index in [4.69, 9.17) is 9.47 Å². The number of methoxy groups -OCH3 is 2. The smallest absolute Gasteiger partial charge is 0.261 e. The Morgan fingerprint density at radius 2 is 1.82 bits per heavy atom. The largest absolute Gasteiger partial charge is 0.493 e. The van der Waals surface area contributed by atoms with Gasteiger partial charge in [-0.3, -0.25) is 4.79 Å². The number of nitrogens with one attached hydrogen (secondary N) is 1. The first-order valence-electron chi connectivity index (χ1n) is 8.51. The lowest BCUT2D eigenvalue weighted by Gasteiger charge is -2.20. The summed E-state index contributed by atoms with van der Waals surface area (Å²) in [6.45, 7) is 0. The summed E-state index contributed by atoms with van der Waals surface area (Å²) < 4.78 is 24.0. The Morgan fingerprint density at radius 1 is 1.04 bits per heavy atom. The fourth-order valence-corrected chi connectivity index (χ4v) is 2.71. The van der Waals surface area contributed by atoms with Crippen LogP contribution in [-0.2, 0) is 0 Å². The second-order valence-electron chi connectivity index (χ2n) is 5.94. The number of hydrogen-bond donors (Lipinski definition) is 1. The van der Waals surface area contributed by atoms with E-state index in [1.165, 1.54) is 24.1 Å². The van der Waals surface area contributed by atoms with Gasteiger partial charge in [0.1, 0.15) is 11.6 Å². The summed E-state index contributed by atoms with van der Waals surface area (Å²) in [6.07, 6.45) is 1.56. The number of ether oxygens (including phenoxy) is 2. The van der Waals surface area contributed by atoms with E-state index < -0.39 is 0 Å². The number of carbonyl (C=O) groups is 1. The molecule has 0 aliphatic heterocycles. The van der Waals surface area contributed by atoms with Gasteiger partial charge in [0.25, 0.3) is 5.91 Å². The van der Waals surface area contributed by atoms with Gasteiger partial charge in [-0.1, -0.05) is 6.07 Å². The Labute approximate surface area is 162 Å². The molecule has 1 N–H and O–H groups in total. The zero-order valence-electron chi connectivity index (χ0n) is 15.8. The van der Waals surface area contributed by atoms with Crippen molar-refractivity contribution in [1.29, 1.82) is 0 Å². The van der Waals surface area contributed by atoms with E-state index in [0.717, 1.165) is 0 Å². The first-order chi connectivity index (χ1) is 13.5. The molecule has 0 fully saturated rings. The van der Waals surface area contributed by atoms with Gasteiger partial charge in [-0.2, -0.15) is 0 Å². The van der Waals surface area contributed by atoms with E-state index in [0.29, 0.717) is 34.3 Å². The number of hydrogen-bond acceptors (Lipinski definition) is 5. The highest BCUT2D eigenvalue weighted by Crippen LogP contribution is 2.32. The molecule has 0 saturated carbocycles. The van der Waals surface area contributed by atoms with Crippen LogP contribution in [0.2, 0.25) is 0 Å². The summed E-state index contributed by atoms with van der Waals surface area (Å²) in [5, 5.41) is 3.00. The van der Waals surface area contributed by atoms with Gasteiger partial charge in [-0.25, -0.2) is 9.37 Å². The summed E-state index contributed by atoms with van der Waals surface area (Å²) in [4.78, 5) is 18.8. The number of carbonyl (C=O) groups excluding carboxylic acids is 1. The second kappa shape index (κ2) is 8.39.